The van der Waals surface area contributed by atoms with E-state index in [1.54, 1.807) is 12.1 Å². The highest BCUT2D eigenvalue weighted by molar-refractivity contribution is 5.95. The summed E-state index contributed by atoms with van der Waals surface area (Å²) in [6.07, 6.45) is 1.13. The van der Waals surface area contributed by atoms with Gasteiger partial charge < -0.3 is 16.0 Å². The number of aromatic nitrogens is 2. The smallest absolute Gasteiger partial charge is 0.227 e. The summed E-state index contributed by atoms with van der Waals surface area (Å²) in [6.45, 7) is 0.591. The molecule has 10 heteroatoms. The van der Waals surface area contributed by atoms with Crippen molar-refractivity contribution in [2.45, 2.75) is 32.1 Å². The second-order valence-corrected chi connectivity index (χ2v) is 7.95. The molecule has 0 atom stereocenters. The zero-order valence-electron chi connectivity index (χ0n) is 19.7. The number of carbonyl (C=O) groups excluding carboxylic acids is 2. The van der Waals surface area contributed by atoms with E-state index in [4.69, 9.17) is 11.0 Å². The van der Waals surface area contributed by atoms with Gasteiger partial charge in [0.1, 0.15) is 23.3 Å². The van der Waals surface area contributed by atoms with Gasteiger partial charge in [-0.1, -0.05) is 18.2 Å². The summed E-state index contributed by atoms with van der Waals surface area (Å²) in [5.74, 6) is -0.723. The second kappa shape index (κ2) is 12.7. The largest absolute Gasteiger partial charge is 0.382 e. The van der Waals surface area contributed by atoms with Crippen LogP contribution < -0.4 is 16.0 Å². The summed E-state index contributed by atoms with van der Waals surface area (Å²) in [6, 6.07) is 18.7. The van der Waals surface area contributed by atoms with Crippen LogP contribution in [0.5, 0.6) is 0 Å². The topological polar surface area (TPSA) is 141 Å². The molecule has 184 valence electrons. The molecule has 1 aromatic heterocycles. The summed E-state index contributed by atoms with van der Waals surface area (Å²) in [4.78, 5) is 26.5. The molecule has 0 fully saturated rings. The van der Waals surface area contributed by atoms with Crippen LogP contribution in [0.25, 0.3) is 5.69 Å². The first-order chi connectivity index (χ1) is 17.4. The molecule has 2 amide bonds. The number of nitrogens with one attached hydrogen (secondary N) is 1. The quantitative estimate of drug-likeness (QED) is 0.398. The number of benzene rings is 2. The number of nitriles is 2. The number of amides is 2. The van der Waals surface area contributed by atoms with E-state index in [0.717, 1.165) is 0 Å². The van der Waals surface area contributed by atoms with Crippen molar-refractivity contribution in [2.24, 2.45) is 0 Å². The Morgan fingerprint density at radius 3 is 2.47 bits per heavy atom. The molecule has 0 radical (unpaired) electrons. The van der Waals surface area contributed by atoms with Crippen LogP contribution in [0.4, 0.5) is 15.9 Å². The van der Waals surface area contributed by atoms with E-state index in [2.05, 4.69) is 16.5 Å². The predicted octanol–water partition coefficient (Wildman–Crippen LogP) is 3.24. The highest BCUT2D eigenvalue weighted by Crippen LogP contribution is 2.22. The summed E-state index contributed by atoms with van der Waals surface area (Å²) in [5.41, 5.74) is 8.02. The highest BCUT2D eigenvalue weighted by Gasteiger charge is 2.18. The fourth-order valence-corrected chi connectivity index (χ4v) is 3.65. The maximum Gasteiger partial charge on any atom is 0.227 e. The molecule has 3 aromatic rings. The van der Waals surface area contributed by atoms with E-state index in [1.807, 2.05) is 24.3 Å². The normalized spacial score (nSPS) is 10.3. The van der Waals surface area contributed by atoms with E-state index in [1.165, 1.54) is 33.8 Å². The number of nitrogens with zero attached hydrogens (tertiary/aromatic N) is 5. The molecule has 0 bridgehead atoms. The molecule has 3 rings (SSSR count). The molecule has 1 heterocycles. The minimum Gasteiger partial charge on any atom is -0.382 e. The molecule has 0 spiro atoms. The van der Waals surface area contributed by atoms with E-state index >= 15 is 0 Å². The van der Waals surface area contributed by atoms with Crippen LogP contribution in [-0.4, -0.2) is 34.7 Å². The molecule has 0 saturated carbocycles. The number of carbonyl (C=O) groups is 2. The van der Waals surface area contributed by atoms with Gasteiger partial charge >= 0.3 is 0 Å². The lowest BCUT2D eigenvalue weighted by atomic mass is 10.1. The fourth-order valence-electron chi connectivity index (χ4n) is 3.65. The number of hydrogen-bond acceptors (Lipinski definition) is 6. The standard InChI is InChI=1S/C26H26FN7O2/c27-19-9-11-21(12-10-19)34-26(30)22(18-29)23(32-34)8-4-16-31-24(35)13-14-25(36)33(17-5-15-28)20-6-2-1-3-7-20/h1-3,6-7,9-12H,4-5,8,13-14,16-17,30H2,(H,31,35). The number of halogens is 1. The number of hydrogen-bond donors (Lipinski definition) is 2. The van der Waals surface area contributed by atoms with Gasteiger partial charge in [-0.25, -0.2) is 9.07 Å². The molecule has 0 unspecified atom stereocenters. The maximum atomic E-state index is 13.2. The van der Waals surface area contributed by atoms with Crippen molar-refractivity contribution in [1.29, 1.82) is 10.5 Å². The average molecular weight is 488 g/mol. The lowest BCUT2D eigenvalue weighted by Crippen LogP contribution is -2.33. The Morgan fingerprint density at radius 1 is 1.08 bits per heavy atom. The minimum atomic E-state index is -0.391. The third-order valence-electron chi connectivity index (χ3n) is 5.47. The molecule has 0 saturated heterocycles. The summed E-state index contributed by atoms with van der Waals surface area (Å²) in [5, 5.41) is 25.5. The van der Waals surface area contributed by atoms with Crippen LogP contribution in [0.3, 0.4) is 0 Å². The Labute approximate surface area is 208 Å². The van der Waals surface area contributed by atoms with E-state index in [-0.39, 0.29) is 49.0 Å². The summed E-state index contributed by atoms with van der Waals surface area (Å²) in [7, 11) is 0. The molecule has 9 nitrogen and oxygen atoms in total. The van der Waals surface area contributed by atoms with E-state index in [9.17, 15) is 19.2 Å². The Hall–Kier alpha value is -4.70. The third-order valence-corrected chi connectivity index (χ3v) is 5.47. The van der Waals surface area contributed by atoms with Crippen molar-refractivity contribution in [3.8, 4) is 17.8 Å². The SMILES string of the molecule is N#CCCN(C(=O)CCC(=O)NCCCc1nn(-c2ccc(F)cc2)c(N)c1C#N)c1ccccc1. The van der Waals surface area contributed by atoms with Gasteiger partial charge in [0, 0.05) is 31.6 Å². The number of aryl methyl sites for hydroxylation is 1. The van der Waals surface area contributed by atoms with Crippen molar-refractivity contribution < 1.29 is 14.0 Å². The van der Waals surface area contributed by atoms with Gasteiger partial charge in [0.05, 0.1) is 23.9 Å². The third kappa shape index (κ3) is 6.67. The van der Waals surface area contributed by atoms with Gasteiger partial charge in [0.15, 0.2) is 0 Å². The lowest BCUT2D eigenvalue weighted by Gasteiger charge is -2.21. The molecule has 2 aromatic carbocycles. The second-order valence-electron chi connectivity index (χ2n) is 7.95. The van der Waals surface area contributed by atoms with Crippen LogP contribution >= 0.6 is 0 Å². The Balaban J connectivity index is 1.49. The predicted molar refractivity (Wildman–Crippen MR) is 132 cm³/mol. The number of anilines is 2. The van der Waals surface area contributed by atoms with Gasteiger partial charge in [0.2, 0.25) is 11.8 Å². The fraction of sp³-hybridized carbons (Fsp3) is 0.269. The number of nitrogens with two attached hydrogens (primary N) is 1. The average Bonchev–Trinajstić information content (AvgIpc) is 3.21. The monoisotopic (exact) mass is 487 g/mol. The van der Waals surface area contributed by atoms with Crippen LogP contribution in [0.1, 0.15) is 36.9 Å². The number of rotatable bonds is 11. The molecule has 0 aliphatic heterocycles. The first-order valence-electron chi connectivity index (χ1n) is 11.5. The van der Waals surface area contributed by atoms with Crippen LogP contribution in [0, 0.1) is 28.5 Å². The van der Waals surface area contributed by atoms with Crippen LogP contribution in [0.15, 0.2) is 54.6 Å². The molecule has 36 heavy (non-hydrogen) atoms. The van der Waals surface area contributed by atoms with Crippen LogP contribution in [-0.2, 0) is 16.0 Å². The van der Waals surface area contributed by atoms with Crippen molar-refractivity contribution in [3.05, 3.63) is 71.7 Å². The van der Waals surface area contributed by atoms with Crippen molar-refractivity contribution in [1.82, 2.24) is 15.1 Å². The highest BCUT2D eigenvalue weighted by atomic mass is 19.1. The Morgan fingerprint density at radius 2 is 1.81 bits per heavy atom. The van der Waals surface area contributed by atoms with Crippen molar-refractivity contribution >= 4 is 23.3 Å². The molecule has 0 aliphatic rings. The van der Waals surface area contributed by atoms with E-state index in [0.29, 0.717) is 36.5 Å². The number of nitrogen functional groups attached to an aromatic ring is 1. The van der Waals surface area contributed by atoms with Gasteiger partial charge in [0.25, 0.3) is 0 Å². The molecule has 0 aliphatic carbocycles. The molecular weight excluding hydrogens is 461 g/mol. The molecule has 3 N–H and O–H groups in total. The van der Waals surface area contributed by atoms with Crippen LogP contribution in [0.2, 0.25) is 0 Å². The summed E-state index contributed by atoms with van der Waals surface area (Å²) >= 11 is 0. The molecular formula is C26H26FN7O2. The lowest BCUT2D eigenvalue weighted by molar-refractivity contribution is -0.125. The first-order valence-corrected chi connectivity index (χ1v) is 11.5. The van der Waals surface area contributed by atoms with E-state index < -0.39 is 5.82 Å². The minimum absolute atomic E-state index is 0.0172. The number of para-hydroxylation sites is 1. The zero-order valence-corrected chi connectivity index (χ0v) is 19.7. The van der Waals surface area contributed by atoms with Gasteiger partial charge in [-0.2, -0.15) is 15.6 Å². The van der Waals surface area contributed by atoms with Gasteiger partial charge in [-0.05, 0) is 49.2 Å². The van der Waals surface area contributed by atoms with Gasteiger partial charge in [-0.15, -0.1) is 0 Å². The first kappa shape index (κ1) is 25.9. The van der Waals surface area contributed by atoms with Gasteiger partial charge in [-0.3, -0.25) is 9.59 Å². The maximum absolute atomic E-state index is 13.2. The van der Waals surface area contributed by atoms with Crippen molar-refractivity contribution in [3.63, 3.8) is 0 Å². The Bertz CT molecular complexity index is 1270. The Kier molecular flexibility index (Phi) is 9.12. The van der Waals surface area contributed by atoms with Crippen molar-refractivity contribution in [2.75, 3.05) is 23.7 Å². The zero-order chi connectivity index (χ0) is 25.9. The summed E-state index contributed by atoms with van der Waals surface area (Å²) < 4.78 is 14.6.